The van der Waals surface area contributed by atoms with Gasteiger partial charge >= 0.3 is 0 Å². The highest BCUT2D eigenvalue weighted by molar-refractivity contribution is 5.49. The van der Waals surface area contributed by atoms with Gasteiger partial charge in [-0.25, -0.2) is 0 Å². The Bertz CT molecular complexity index is 481. The number of amides is 1. The number of carbonyl (C=O) groups excluding carboxylic acids is 1. The zero-order valence-electron chi connectivity index (χ0n) is 12.4. The van der Waals surface area contributed by atoms with Crippen LogP contribution in [0.2, 0.25) is 0 Å². The number of piperazine rings is 2. The molecule has 1 aromatic heterocycles. The van der Waals surface area contributed by atoms with E-state index in [1.165, 1.54) is 0 Å². The van der Waals surface area contributed by atoms with Gasteiger partial charge in [0.05, 0.1) is 6.20 Å². The van der Waals surface area contributed by atoms with Crippen molar-refractivity contribution < 1.29 is 4.79 Å². The number of likely N-dealkylation sites (N-methyl/N-ethyl adjacent to an activating group) is 1. The first-order valence-electron chi connectivity index (χ1n) is 7.34. The lowest BCUT2D eigenvalue weighted by Crippen LogP contribution is -2.47. The van der Waals surface area contributed by atoms with Crippen LogP contribution in [0.15, 0.2) is 6.20 Å². The van der Waals surface area contributed by atoms with Gasteiger partial charge in [0.25, 0.3) is 0 Å². The van der Waals surface area contributed by atoms with Crippen LogP contribution in [0.25, 0.3) is 0 Å². The summed E-state index contributed by atoms with van der Waals surface area (Å²) < 4.78 is 0. The van der Waals surface area contributed by atoms with E-state index in [1.807, 2.05) is 0 Å². The quantitative estimate of drug-likeness (QED) is 0.655. The minimum Gasteiger partial charge on any atom is -0.352 e. The monoisotopic (exact) mass is 291 g/mol. The molecule has 3 rings (SSSR count). The molecule has 8 nitrogen and oxygen atoms in total. The fourth-order valence-electron chi connectivity index (χ4n) is 2.64. The van der Waals surface area contributed by atoms with Crippen molar-refractivity contribution in [1.82, 2.24) is 25.0 Å². The Morgan fingerprint density at radius 1 is 1.00 bits per heavy atom. The van der Waals surface area contributed by atoms with Gasteiger partial charge in [-0.05, 0) is 7.05 Å². The number of hydrogen-bond donors (Lipinski definition) is 0. The van der Waals surface area contributed by atoms with E-state index in [1.54, 1.807) is 11.1 Å². The van der Waals surface area contributed by atoms with Crippen molar-refractivity contribution in [3.05, 3.63) is 6.20 Å². The van der Waals surface area contributed by atoms with E-state index in [0.717, 1.165) is 64.6 Å². The van der Waals surface area contributed by atoms with Crippen LogP contribution in [0.3, 0.4) is 0 Å². The summed E-state index contributed by atoms with van der Waals surface area (Å²) in [5, 5.41) is 8.27. The zero-order chi connectivity index (χ0) is 14.7. The van der Waals surface area contributed by atoms with Gasteiger partial charge in [-0.15, -0.1) is 5.10 Å². The molecule has 0 saturated carbocycles. The summed E-state index contributed by atoms with van der Waals surface area (Å²) in [4.78, 5) is 23.8. The predicted molar refractivity (Wildman–Crippen MR) is 79.4 cm³/mol. The highest BCUT2D eigenvalue weighted by Crippen LogP contribution is 2.16. The zero-order valence-corrected chi connectivity index (χ0v) is 12.4. The third-order valence-electron chi connectivity index (χ3n) is 4.11. The molecule has 1 amide bonds. The van der Waals surface area contributed by atoms with Gasteiger partial charge in [-0.3, -0.25) is 4.79 Å². The summed E-state index contributed by atoms with van der Waals surface area (Å²) in [6.45, 7) is 6.95. The van der Waals surface area contributed by atoms with E-state index in [2.05, 4.69) is 36.9 Å². The summed E-state index contributed by atoms with van der Waals surface area (Å²) in [6, 6.07) is 0. The van der Waals surface area contributed by atoms with E-state index in [4.69, 9.17) is 0 Å². The minimum atomic E-state index is 0.707. The highest BCUT2D eigenvalue weighted by atomic mass is 16.1. The van der Waals surface area contributed by atoms with Crippen molar-refractivity contribution in [2.24, 2.45) is 0 Å². The summed E-state index contributed by atoms with van der Waals surface area (Å²) in [7, 11) is 2.12. The maximum Gasteiger partial charge on any atom is 0.247 e. The Morgan fingerprint density at radius 2 is 1.67 bits per heavy atom. The molecular weight excluding hydrogens is 270 g/mol. The van der Waals surface area contributed by atoms with Crippen LogP contribution in [-0.4, -0.2) is 90.8 Å². The third-order valence-corrected chi connectivity index (χ3v) is 4.11. The van der Waals surface area contributed by atoms with Crippen molar-refractivity contribution in [2.45, 2.75) is 0 Å². The first-order valence-corrected chi connectivity index (χ1v) is 7.34. The van der Waals surface area contributed by atoms with Crippen LogP contribution in [0, 0.1) is 0 Å². The molecule has 2 saturated heterocycles. The van der Waals surface area contributed by atoms with Crippen molar-refractivity contribution in [1.29, 1.82) is 0 Å². The van der Waals surface area contributed by atoms with Gasteiger partial charge in [-0.1, -0.05) is 0 Å². The van der Waals surface area contributed by atoms with Crippen molar-refractivity contribution >= 4 is 18.2 Å². The molecule has 0 unspecified atom stereocenters. The van der Waals surface area contributed by atoms with Crippen molar-refractivity contribution in [3.63, 3.8) is 0 Å². The lowest BCUT2D eigenvalue weighted by molar-refractivity contribution is -0.118. The molecule has 0 N–H and O–H groups in total. The smallest absolute Gasteiger partial charge is 0.247 e. The fourth-order valence-corrected chi connectivity index (χ4v) is 2.64. The second-order valence-electron chi connectivity index (χ2n) is 5.53. The Labute approximate surface area is 124 Å². The second-order valence-corrected chi connectivity index (χ2v) is 5.53. The fraction of sp³-hybridized carbons (Fsp3) is 0.692. The molecule has 0 aromatic carbocycles. The molecule has 2 aliphatic rings. The first-order chi connectivity index (χ1) is 10.3. The maximum atomic E-state index is 10.7. The van der Waals surface area contributed by atoms with Gasteiger partial charge in [-0.2, -0.15) is 10.1 Å². The average Bonchev–Trinajstić information content (AvgIpc) is 2.56. The Morgan fingerprint density at radius 3 is 2.33 bits per heavy atom. The van der Waals surface area contributed by atoms with E-state index >= 15 is 0 Å². The van der Waals surface area contributed by atoms with Crippen LogP contribution in [0.1, 0.15) is 0 Å². The lowest BCUT2D eigenvalue weighted by atomic mass is 10.3. The molecule has 0 spiro atoms. The van der Waals surface area contributed by atoms with Crippen molar-refractivity contribution in [3.8, 4) is 0 Å². The lowest BCUT2D eigenvalue weighted by Gasteiger charge is -2.34. The molecule has 2 aliphatic heterocycles. The van der Waals surface area contributed by atoms with Crippen LogP contribution < -0.4 is 9.80 Å². The first kappa shape index (κ1) is 14.0. The van der Waals surface area contributed by atoms with Crippen LogP contribution in [0.5, 0.6) is 0 Å². The number of nitrogens with zero attached hydrogens (tertiary/aromatic N) is 7. The molecule has 21 heavy (non-hydrogen) atoms. The SMILES string of the molecule is CN1CCN(c2nncc(N3CCN(C=O)CC3)n2)CC1. The Kier molecular flexibility index (Phi) is 4.14. The predicted octanol–water partition coefficient (Wildman–Crippen LogP) is -1.10. The van der Waals surface area contributed by atoms with E-state index < -0.39 is 0 Å². The summed E-state index contributed by atoms with van der Waals surface area (Å²) in [5.74, 6) is 1.56. The van der Waals surface area contributed by atoms with Gasteiger partial charge in [0.15, 0.2) is 5.82 Å². The van der Waals surface area contributed by atoms with Gasteiger partial charge < -0.3 is 19.6 Å². The number of rotatable bonds is 3. The van der Waals surface area contributed by atoms with Gasteiger partial charge in [0.1, 0.15) is 0 Å². The molecule has 3 heterocycles. The molecule has 114 valence electrons. The number of aromatic nitrogens is 3. The Hall–Kier alpha value is -1.96. The molecule has 0 atom stereocenters. The molecule has 2 fully saturated rings. The average molecular weight is 291 g/mol. The van der Waals surface area contributed by atoms with E-state index in [-0.39, 0.29) is 0 Å². The van der Waals surface area contributed by atoms with Gasteiger partial charge in [0, 0.05) is 52.4 Å². The standard InChI is InChI=1S/C13H21N7O/c1-17-2-6-20(7-3-17)13-15-12(10-14-16-13)19-8-4-18(11-21)5-9-19/h10-11H,2-9H2,1H3. The topological polar surface area (TPSA) is 68.7 Å². The van der Waals surface area contributed by atoms with E-state index in [0.29, 0.717) is 5.95 Å². The summed E-state index contributed by atoms with van der Waals surface area (Å²) >= 11 is 0. The van der Waals surface area contributed by atoms with Crippen molar-refractivity contribution in [2.75, 3.05) is 69.2 Å². The molecule has 8 heteroatoms. The summed E-state index contributed by atoms with van der Waals surface area (Å²) in [6.07, 6.45) is 2.61. The van der Waals surface area contributed by atoms with E-state index in [9.17, 15) is 4.79 Å². The normalized spacial score (nSPS) is 20.7. The van der Waals surface area contributed by atoms with Crippen LogP contribution in [-0.2, 0) is 4.79 Å². The second kappa shape index (κ2) is 6.21. The molecular formula is C13H21N7O. The molecule has 0 bridgehead atoms. The summed E-state index contributed by atoms with van der Waals surface area (Å²) in [5.41, 5.74) is 0. The number of hydrogen-bond acceptors (Lipinski definition) is 7. The molecule has 0 radical (unpaired) electrons. The largest absolute Gasteiger partial charge is 0.352 e. The van der Waals surface area contributed by atoms with Crippen LogP contribution in [0.4, 0.5) is 11.8 Å². The Balaban J connectivity index is 1.67. The minimum absolute atomic E-state index is 0.707. The maximum absolute atomic E-state index is 10.7. The number of carbonyl (C=O) groups is 1. The number of anilines is 2. The third kappa shape index (κ3) is 3.21. The van der Waals surface area contributed by atoms with Crippen LogP contribution >= 0.6 is 0 Å². The molecule has 0 aliphatic carbocycles. The molecule has 1 aromatic rings. The van der Waals surface area contributed by atoms with Gasteiger partial charge in [0.2, 0.25) is 12.4 Å². The highest BCUT2D eigenvalue weighted by Gasteiger charge is 2.20.